The van der Waals surface area contributed by atoms with E-state index in [0.717, 1.165) is 75.8 Å². The van der Waals surface area contributed by atoms with E-state index in [0.29, 0.717) is 30.7 Å². The number of piperidine rings is 1. The summed E-state index contributed by atoms with van der Waals surface area (Å²) in [5.41, 5.74) is 3.47. The van der Waals surface area contributed by atoms with Gasteiger partial charge in [-0.25, -0.2) is 0 Å². The van der Waals surface area contributed by atoms with Crippen molar-refractivity contribution in [1.82, 2.24) is 20.3 Å². The molecule has 0 radical (unpaired) electrons. The van der Waals surface area contributed by atoms with Gasteiger partial charge in [-0.2, -0.15) is 0 Å². The van der Waals surface area contributed by atoms with Gasteiger partial charge in [-0.1, -0.05) is 53.7 Å². The Morgan fingerprint density at radius 2 is 1.76 bits per heavy atom. The second kappa shape index (κ2) is 12.4. The molecule has 196 valence electrons. The van der Waals surface area contributed by atoms with Crippen molar-refractivity contribution in [3.63, 3.8) is 0 Å². The van der Waals surface area contributed by atoms with Gasteiger partial charge in [0.2, 0.25) is 5.91 Å². The molecule has 1 N–H and O–H groups in total. The standard InChI is InChI=1S/C30H39N5O2/c1-33(28-10-6-3-7-11-28)23-29-20-27(32-37-29)18-26-21-31-13-12-25(26)19-30(36)35-16-14-34(15-17-35)22-24-8-4-2-5-9-24/h2-11,20,25-26,31H,12-19,21-23H2,1H3. The Kier molecular flexibility index (Phi) is 8.53. The molecular formula is C30H39N5O2. The van der Waals surface area contributed by atoms with Crippen LogP contribution in [-0.4, -0.2) is 67.2 Å². The quantitative estimate of drug-likeness (QED) is 0.481. The van der Waals surface area contributed by atoms with Crippen molar-refractivity contribution in [2.75, 3.05) is 51.2 Å². The number of nitrogens with zero attached hydrogens (tertiary/aromatic N) is 4. The zero-order chi connectivity index (χ0) is 25.5. The van der Waals surface area contributed by atoms with Gasteiger partial charge in [0.05, 0.1) is 12.2 Å². The van der Waals surface area contributed by atoms with Gasteiger partial charge in [-0.15, -0.1) is 0 Å². The molecule has 2 aliphatic rings. The summed E-state index contributed by atoms with van der Waals surface area (Å²) in [6, 6.07) is 23.0. The molecule has 2 aliphatic heterocycles. The van der Waals surface area contributed by atoms with Gasteiger partial charge < -0.3 is 19.6 Å². The normalized spacial score (nSPS) is 20.6. The van der Waals surface area contributed by atoms with Crippen LogP contribution in [0, 0.1) is 11.8 Å². The van der Waals surface area contributed by atoms with Gasteiger partial charge in [-0.3, -0.25) is 9.69 Å². The van der Waals surface area contributed by atoms with E-state index in [2.05, 4.69) is 80.8 Å². The molecule has 2 atom stereocenters. The second-order valence-corrected chi connectivity index (χ2v) is 10.5. The third-order valence-electron chi connectivity index (χ3n) is 7.84. The molecule has 0 saturated carbocycles. The first-order valence-electron chi connectivity index (χ1n) is 13.6. The minimum atomic E-state index is 0.307. The second-order valence-electron chi connectivity index (χ2n) is 10.5. The molecule has 1 aromatic heterocycles. The predicted molar refractivity (Wildman–Crippen MR) is 146 cm³/mol. The summed E-state index contributed by atoms with van der Waals surface area (Å²) in [5, 5.41) is 7.90. The van der Waals surface area contributed by atoms with E-state index in [-0.39, 0.29) is 0 Å². The Balaban J connectivity index is 1.11. The number of benzene rings is 2. The van der Waals surface area contributed by atoms with Gasteiger partial charge >= 0.3 is 0 Å². The highest BCUT2D eigenvalue weighted by atomic mass is 16.5. The molecule has 0 spiro atoms. The van der Waals surface area contributed by atoms with Crippen LogP contribution < -0.4 is 10.2 Å². The first-order chi connectivity index (χ1) is 18.1. The summed E-state index contributed by atoms with van der Waals surface area (Å²) >= 11 is 0. The van der Waals surface area contributed by atoms with Crippen molar-refractivity contribution >= 4 is 11.6 Å². The lowest BCUT2D eigenvalue weighted by Gasteiger charge is -2.37. The highest BCUT2D eigenvalue weighted by Gasteiger charge is 2.30. The zero-order valence-electron chi connectivity index (χ0n) is 21.9. The lowest BCUT2D eigenvalue weighted by Crippen LogP contribution is -2.49. The molecule has 0 bridgehead atoms. The van der Waals surface area contributed by atoms with Crippen LogP contribution in [0.4, 0.5) is 5.69 Å². The van der Waals surface area contributed by atoms with Crippen LogP contribution in [0.5, 0.6) is 0 Å². The largest absolute Gasteiger partial charge is 0.367 e. The van der Waals surface area contributed by atoms with Gasteiger partial charge in [-0.05, 0) is 55.5 Å². The van der Waals surface area contributed by atoms with Crippen LogP contribution in [-0.2, 0) is 24.3 Å². The number of piperazine rings is 1. The van der Waals surface area contributed by atoms with E-state index in [4.69, 9.17) is 4.52 Å². The summed E-state index contributed by atoms with van der Waals surface area (Å²) in [5.74, 6) is 1.94. The lowest BCUT2D eigenvalue weighted by atomic mass is 9.81. The molecule has 1 amide bonds. The van der Waals surface area contributed by atoms with Crippen molar-refractivity contribution in [1.29, 1.82) is 0 Å². The number of hydrogen-bond donors (Lipinski definition) is 1. The number of hydrogen-bond acceptors (Lipinski definition) is 6. The van der Waals surface area contributed by atoms with Crippen molar-refractivity contribution < 1.29 is 9.32 Å². The van der Waals surface area contributed by atoms with Crippen LogP contribution in [0.25, 0.3) is 0 Å². The maximum atomic E-state index is 13.2. The van der Waals surface area contributed by atoms with E-state index >= 15 is 0 Å². The first-order valence-corrected chi connectivity index (χ1v) is 13.6. The van der Waals surface area contributed by atoms with E-state index in [1.54, 1.807) is 0 Å². The van der Waals surface area contributed by atoms with Gasteiger partial charge in [0.15, 0.2) is 5.76 Å². The number of rotatable bonds is 9. The Bertz CT molecular complexity index is 1110. The number of anilines is 1. The van der Waals surface area contributed by atoms with Crippen LogP contribution in [0.15, 0.2) is 71.3 Å². The summed E-state index contributed by atoms with van der Waals surface area (Å²) in [4.78, 5) is 19.9. The summed E-state index contributed by atoms with van der Waals surface area (Å²) in [6.07, 6.45) is 2.51. The molecule has 2 aromatic carbocycles. The highest BCUT2D eigenvalue weighted by Crippen LogP contribution is 2.27. The molecule has 2 saturated heterocycles. The molecule has 3 heterocycles. The van der Waals surface area contributed by atoms with E-state index in [1.807, 2.05) is 18.2 Å². The fraction of sp³-hybridized carbons (Fsp3) is 0.467. The van der Waals surface area contributed by atoms with Crippen LogP contribution in [0.2, 0.25) is 0 Å². The van der Waals surface area contributed by atoms with E-state index in [1.165, 1.54) is 5.56 Å². The number of aromatic nitrogens is 1. The van der Waals surface area contributed by atoms with Crippen molar-refractivity contribution in [3.8, 4) is 0 Å². The van der Waals surface area contributed by atoms with Gasteiger partial charge in [0.25, 0.3) is 0 Å². The fourth-order valence-corrected chi connectivity index (χ4v) is 5.64. The molecule has 2 unspecified atom stereocenters. The fourth-order valence-electron chi connectivity index (χ4n) is 5.64. The zero-order valence-corrected chi connectivity index (χ0v) is 21.9. The van der Waals surface area contributed by atoms with Crippen molar-refractivity contribution in [2.45, 2.75) is 32.4 Å². The predicted octanol–water partition coefficient (Wildman–Crippen LogP) is 3.81. The molecule has 2 fully saturated rings. The monoisotopic (exact) mass is 501 g/mol. The van der Waals surface area contributed by atoms with Crippen LogP contribution >= 0.6 is 0 Å². The van der Waals surface area contributed by atoms with Gasteiger partial charge in [0.1, 0.15) is 0 Å². The molecule has 7 heteroatoms. The molecule has 7 nitrogen and oxygen atoms in total. The Hall–Kier alpha value is -3.16. The molecule has 0 aliphatic carbocycles. The minimum Gasteiger partial charge on any atom is -0.367 e. The third kappa shape index (κ3) is 6.99. The average Bonchev–Trinajstić information content (AvgIpc) is 3.37. The SMILES string of the molecule is CN(Cc1cc(CC2CNCCC2CC(=O)N2CCN(Cc3ccccc3)CC2)no1)c1ccccc1. The lowest BCUT2D eigenvalue weighted by molar-refractivity contribution is -0.134. The Morgan fingerprint density at radius 3 is 2.51 bits per heavy atom. The summed E-state index contributed by atoms with van der Waals surface area (Å²) < 4.78 is 5.67. The van der Waals surface area contributed by atoms with E-state index < -0.39 is 0 Å². The Labute approximate surface area is 220 Å². The van der Waals surface area contributed by atoms with Gasteiger partial charge in [0, 0.05) is 57.9 Å². The minimum absolute atomic E-state index is 0.307. The topological polar surface area (TPSA) is 64.9 Å². The summed E-state index contributed by atoms with van der Waals surface area (Å²) in [7, 11) is 2.06. The third-order valence-corrected chi connectivity index (χ3v) is 7.84. The molecular weight excluding hydrogens is 462 g/mol. The number of carbonyl (C=O) groups excluding carboxylic acids is 1. The first kappa shape index (κ1) is 25.5. The smallest absolute Gasteiger partial charge is 0.222 e. The van der Waals surface area contributed by atoms with Crippen LogP contribution in [0.3, 0.4) is 0 Å². The molecule has 37 heavy (non-hydrogen) atoms. The van der Waals surface area contributed by atoms with Crippen LogP contribution in [0.1, 0.15) is 29.9 Å². The van der Waals surface area contributed by atoms with E-state index in [9.17, 15) is 4.79 Å². The maximum absolute atomic E-state index is 13.2. The molecule has 5 rings (SSSR count). The summed E-state index contributed by atoms with van der Waals surface area (Å²) in [6.45, 7) is 7.06. The number of carbonyl (C=O) groups is 1. The number of nitrogens with one attached hydrogen (secondary N) is 1. The molecule has 3 aromatic rings. The highest BCUT2D eigenvalue weighted by molar-refractivity contribution is 5.76. The Morgan fingerprint density at radius 1 is 1.03 bits per heavy atom. The number of amides is 1. The van der Waals surface area contributed by atoms with Crippen molar-refractivity contribution in [2.24, 2.45) is 11.8 Å². The maximum Gasteiger partial charge on any atom is 0.222 e. The number of para-hydroxylation sites is 1. The van der Waals surface area contributed by atoms with Crippen molar-refractivity contribution in [3.05, 3.63) is 83.7 Å². The average molecular weight is 502 g/mol.